The molecule has 0 saturated heterocycles. The van der Waals surface area contributed by atoms with Crippen LogP contribution in [0.3, 0.4) is 0 Å². The van der Waals surface area contributed by atoms with E-state index >= 15 is 0 Å². The van der Waals surface area contributed by atoms with Crippen molar-refractivity contribution in [2.45, 2.75) is 65.2 Å². The van der Waals surface area contributed by atoms with Gasteiger partial charge in [0.05, 0.1) is 335 Å². The monoisotopic (exact) mass is 1500 g/mol. The van der Waals surface area contributed by atoms with Crippen LogP contribution in [-0.2, 0) is 153 Å². The van der Waals surface area contributed by atoms with Crippen molar-refractivity contribution >= 4 is 16.9 Å². The molecule has 0 aliphatic carbocycles. The Morgan fingerprint density at radius 2 is 0.500 bits per heavy atom. The Balaban J connectivity index is 1.63. The van der Waals surface area contributed by atoms with Gasteiger partial charge in [0.25, 0.3) is 0 Å². The van der Waals surface area contributed by atoms with Gasteiger partial charge in [-0.25, -0.2) is 0 Å². The van der Waals surface area contributed by atoms with E-state index in [-0.39, 0.29) is 19.8 Å². The molecule has 0 amide bonds. The first-order valence-electron chi connectivity index (χ1n) is 36.7. The summed E-state index contributed by atoms with van der Waals surface area (Å²) in [6, 6.07) is 6.53. The number of allylic oxidation sites excluding steroid dienone is 1. The molecule has 0 spiro atoms. The van der Waals surface area contributed by atoms with Crippen LogP contribution in [0, 0.1) is 0 Å². The second-order valence-electron chi connectivity index (χ2n) is 21.7. The summed E-state index contributed by atoms with van der Waals surface area (Å²) in [6.45, 7) is 27.6. The molecule has 0 aromatic heterocycles. The van der Waals surface area contributed by atoms with Crippen LogP contribution >= 0.6 is 0 Å². The van der Waals surface area contributed by atoms with Gasteiger partial charge in [-0.2, -0.15) is 5.90 Å². The lowest BCUT2D eigenvalue weighted by molar-refractivity contribution is -0.640. The molecule has 1 aromatic rings. The molecule has 0 saturated carbocycles. The third kappa shape index (κ3) is 77.4. The second kappa shape index (κ2) is 84.4. The average Bonchev–Trinajstić information content (AvgIpc) is 0.870. The minimum Gasteiger partial charge on any atom is -0.491 e. The third-order valence-corrected chi connectivity index (χ3v) is 14.2. The summed E-state index contributed by atoms with van der Waals surface area (Å²) in [5.41, 5.74) is 2.49. The summed E-state index contributed by atoms with van der Waals surface area (Å²) in [5, 5.41) is 0. The van der Waals surface area contributed by atoms with E-state index in [0.29, 0.717) is 324 Å². The lowest BCUT2D eigenvalue weighted by Gasteiger charge is -2.12. The van der Waals surface area contributed by atoms with Crippen LogP contribution in [0.25, 0.3) is 6.08 Å². The van der Waals surface area contributed by atoms with Gasteiger partial charge < -0.3 is 123 Å². The van der Waals surface area contributed by atoms with Gasteiger partial charge in [0.1, 0.15) is 23.5 Å². The lowest BCUT2D eigenvalue weighted by Crippen LogP contribution is -2.53. The first-order valence-corrected chi connectivity index (χ1v) is 38.0. The molecule has 1 rings (SSSR count). The van der Waals surface area contributed by atoms with Crippen LogP contribution in [0.15, 0.2) is 24.3 Å². The summed E-state index contributed by atoms with van der Waals surface area (Å²) < 4.78 is 174. The zero-order valence-corrected chi connectivity index (χ0v) is 63.0. The molecule has 0 aliphatic rings. The van der Waals surface area contributed by atoms with Gasteiger partial charge in [-0.3, -0.25) is 0 Å². The molecule has 3 N–H and O–H groups in total. The quantitative estimate of drug-likeness (QED) is 0.0526. The second-order valence-corrected chi connectivity index (χ2v) is 23.0. The maximum atomic E-state index is 10.9. The van der Waals surface area contributed by atoms with Crippen molar-refractivity contribution in [3.8, 4) is 5.75 Å². The highest BCUT2D eigenvalue weighted by atomic mass is 32.3. The molecule has 0 fully saturated rings. The van der Waals surface area contributed by atoms with E-state index in [2.05, 4.69) is 51.6 Å². The Morgan fingerprint density at radius 3 is 0.716 bits per heavy atom. The van der Waals surface area contributed by atoms with Gasteiger partial charge in [-0.05, 0) is 37.5 Å². The lowest BCUT2D eigenvalue weighted by atomic mass is 10.0. The Hall–Kier alpha value is -2.25. The van der Waals surface area contributed by atoms with Crippen molar-refractivity contribution in [3.63, 3.8) is 0 Å². The predicted octanol–water partition coefficient (Wildman–Crippen LogP) is 4.67. The number of unbranched alkanes of at least 4 members (excludes halogenated alkanes) is 6. The van der Waals surface area contributed by atoms with Crippen molar-refractivity contribution < 1.29 is 146 Å². The van der Waals surface area contributed by atoms with Crippen LogP contribution in [0.4, 0.5) is 0 Å². The Bertz CT molecular complexity index is 1860. The topological polar surface area (TPSA) is 323 Å². The number of aryl methyl sites for hydroxylation is 1. The molecule has 1 unspecified atom stereocenters. The first kappa shape index (κ1) is 97.8. The smallest absolute Gasteiger partial charge is 0.491 e. The highest BCUT2D eigenvalue weighted by Gasteiger charge is 2.35. The summed E-state index contributed by atoms with van der Waals surface area (Å²) >= 11 is 0. The molecule has 0 bridgehead atoms. The van der Waals surface area contributed by atoms with Crippen molar-refractivity contribution in [1.29, 1.82) is 0 Å². The van der Waals surface area contributed by atoms with E-state index in [1.54, 1.807) is 0 Å². The first-order chi connectivity index (χ1) is 50.5. The molecule has 1 aromatic carbocycles. The Labute approximate surface area is 610 Å². The number of ether oxygens (including phenoxy) is 26. The fourth-order valence-electron chi connectivity index (χ4n) is 8.30. The fourth-order valence-corrected chi connectivity index (χ4v) is 8.64. The van der Waals surface area contributed by atoms with E-state index in [9.17, 15) is 8.76 Å². The third-order valence-electron chi connectivity index (χ3n) is 13.5. The van der Waals surface area contributed by atoms with E-state index in [1.165, 1.54) is 50.5 Å². The van der Waals surface area contributed by atoms with Crippen LogP contribution in [0.2, 0.25) is 0 Å². The van der Waals surface area contributed by atoms with Crippen molar-refractivity contribution in [2.75, 3.05) is 344 Å². The van der Waals surface area contributed by atoms with Gasteiger partial charge >= 0.3 is 10.8 Å². The van der Waals surface area contributed by atoms with Crippen molar-refractivity contribution in [3.05, 3.63) is 35.4 Å². The summed E-state index contributed by atoms with van der Waals surface area (Å²) in [5.74, 6) is 3.67. The normalized spacial score (nSPS) is 12.5. The molecule has 1 radical (unpaired) electrons. The number of benzene rings is 1. The maximum Gasteiger partial charge on any atom is 0.597 e. The van der Waals surface area contributed by atoms with Crippen LogP contribution in [0.1, 0.15) is 69.9 Å². The van der Waals surface area contributed by atoms with Gasteiger partial charge in [-0.1, -0.05) is 63.7 Å². The fraction of sp³-hybridized carbons (Fsp3) is 0.886. The highest BCUT2D eigenvalue weighted by Crippen LogP contribution is 2.23. The zero-order valence-electron chi connectivity index (χ0n) is 62.2. The van der Waals surface area contributed by atoms with Crippen LogP contribution in [-0.4, -0.2) is 344 Å². The average molecular weight is 1500 g/mol. The predicted molar refractivity (Wildman–Crippen MR) is 377 cm³/mol. The minimum absolute atomic E-state index is 0.0796. The van der Waals surface area contributed by atoms with Crippen LogP contribution in [0.5, 0.6) is 5.75 Å². The molecule has 102 heavy (non-hydrogen) atoms. The highest BCUT2D eigenvalue weighted by molar-refractivity contribution is 7.88. The summed E-state index contributed by atoms with van der Waals surface area (Å²) in [6.07, 6.45) is 14.5. The van der Waals surface area contributed by atoms with Gasteiger partial charge in [0, 0.05) is 9.77 Å². The molecule has 31 nitrogen and oxygen atoms in total. The van der Waals surface area contributed by atoms with Crippen molar-refractivity contribution in [2.24, 2.45) is 0 Å². The molecule has 0 heterocycles. The molecular formula is C70H134NO30S+2. The Morgan fingerprint density at radius 1 is 0.294 bits per heavy atom. The van der Waals surface area contributed by atoms with E-state index in [1.807, 2.05) is 6.92 Å². The van der Waals surface area contributed by atoms with E-state index in [4.69, 9.17) is 123 Å². The molecule has 32 heteroatoms. The number of hydrogen-bond donors (Lipinski definition) is 1. The standard InChI is InChI=1S/C70H134NO30S/c1-3-5-6-7-8-9-10-12-68-13-14-70(69(67-68)11-4-2)99-65-63-97-61-59-95-57-55-93-53-51-91-49-47-89-45-43-87-41-39-85-37-35-83-33-31-81-29-27-79-25-23-77-21-19-75-17-15-74-16-18-76-20-22-78-24-26-80-28-30-82-32-34-84-36-38-86-40-42-88-44-46-90-48-50-92-52-54-94-56-58-96-60-62-98-64-66-100-102(72,73)101-71/h4,11,13-14,67H,3,5-10,12,15-66H2,1-2,71H3/q+2/b11-4+. The molecule has 0 aliphatic heterocycles. The van der Waals surface area contributed by atoms with Gasteiger partial charge in [-0.15, -0.1) is 4.18 Å². The van der Waals surface area contributed by atoms with E-state index < -0.39 is 10.8 Å². The summed E-state index contributed by atoms with van der Waals surface area (Å²) in [4.78, 5) is 0. The van der Waals surface area contributed by atoms with Crippen molar-refractivity contribution in [1.82, 2.24) is 0 Å². The number of rotatable bonds is 90. The van der Waals surface area contributed by atoms with E-state index in [0.717, 1.165) is 17.7 Å². The number of hydrogen-bond acceptors (Lipinski definition) is 29. The Kier molecular flexibility index (Phi) is 80.9. The van der Waals surface area contributed by atoms with Crippen LogP contribution < -0.4 is 10.6 Å². The van der Waals surface area contributed by atoms with Gasteiger partial charge in [0.2, 0.25) is 0 Å². The molecular weight excluding hydrogens is 1370 g/mol. The minimum atomic E-state index is -4.05. The summed E-state index contributed by atoms with van der Waals surface area (Å²) in [7, 11) is -4.05. The zero-order chi connectivity index (χ0) is 73.0. The maximum absolute atomic E-state index is 10.9. The molecule has 603 valence electrons. The van der Waals surface area contributed by atoms with Gasteiger partial charge in [0.15, 0.2) is 0 Å². The number of quaternary nitrogens is 1. The SMILES string of the molecule is C/C=C/c1cc(CCCCCCCCC)ccc1OCCOCCOCCOCCOCCOCCOCCOCCOCCOCCOCCOCCOCCOCCOCCOCCOCCOCCOCCOCCOCCOCCOCCOCCOCCOCCO[S+]([O])(=O)O[NH3+]. The largest absolute Gasteiger partial charge is 0.597 e. The molecule has 1 atom stereocenters.